The van der Waals surface area contributed by atoms with Crippen molar-refractivity contribution < 1.29 is 8.85 Å². The van der Waals surface area contributed by atoms with Gasteiger partial charge in [0.1, 0.15) is 0 Å². The summed E-state index contributed by atoms with van der Waals surface area (Å²) in [6.07, 6.45) is 2.63. The molecule has 0 aromatic rings. The van der Waals surface area contributed by atoms with Gasteiger partial charge in [-0.2, -0.15) is 0 Å². The van der Waals surface area contributed by atoms with Crippen molar-refractivity contribution in [1.29, 1.82) is 0 Å². The maximum atomic E-state index is 5.38. The topological polar surface area (TPSA) is 18.5 Å². The summed E-state index contributed by atoms with van der Waals surface area (Å²) >= 11 is 0. The van der Waals surface area contributed by atoms with Crippen LogP contribution in [0.2, 0.25) is 5.54 Å². The second-order valence-corrected chi connectivity index (χ2v) is 5.94. The Balaban J connectivity index is 2.51. The van der Waals surface area contributed by atoms with Crippen molar-refractivity contribution >= 4 is 9.28 Å². The summed E-state index contributed by atoms with van der Waals surface area (Å²) in [6, 6.07) is 0. The first kappa shape index (κ1) is 10.2. The van der Waals surface area contributed by atoms with Crippen LogP contribution in [0.5, 0.6) is 0 Å². The van der Waals surface area contributed by atoms with Gasteiger partial charge in [-0.15, -0.1) is 0 Å². The molecule has 3 heteroatoms. The first-order valence-electron chi connectivity index (χ1n) is 4.65. The van der Waals surface area contributed by atoms with Crippen LogP contribution in [0, 0.1) is 11.8 Å². The van der Waals surface area contributed by atoms with E-state index in [1.165, 1.54) is 12.8 Å². The van der Waals surface area contributed by atoms with Crippen molar-refractivity contribution in [3.05, 3.63) is 0 Å². The molecule has 1 aliphatic carbocycles. The van der Waals surface area contributed by atoms with E-state index < -0.39 is 9.28 Å². The minimum atomic E-state index is -0.982. The zero-order valence-electron chi connectivity index (χ0n) is 8.46. The van der Waals surface area contributed by atoms with Gasteiger partial charge in [-0.05, 0) is 18.3 Å². The fraction of sp³-hybridized carbons (Fsp3) is 1.00. The molecule has 1 rings (SSSR count). The molecule has 1 saturated carbocycles. The lowest BCUT2D eigenvalue weighted by Gasteiger charge is -2.21. The summed E-state index contributed by atoms with van der Waals surface area (Å²) in [5, 5.41) is 0. The van der Waals surface area contributed by atoms with E-state index in [0.717, 1.165) is 11.8 Å². The Bertz CT molecular complexity index is 136. The van der Waals surface area contributed by atoms with Gasteiger partial charge in [-0.3, -0.25) is 0 Å². The maximum absolute atomic E-state index is 5.38. The second kappa shape index (κ2) is 4.39. The van der Waals surface area contributed by atoms with Crippen molar-refractivity contribution in [2.45, 2.75) is 32.2 Å². The molecule has 1 radical (unpaired) electrons. The van der Waals surface area contributed by atoms with Crippen molar-refractivity contribution in [3.63, 3.8) is 0 Å². The van der Waals surface area contributed by atoms with E-state index in [1.807, 2.05) is 0 Å². The lowest BCUT2D eigenvalue weighted by molar-refractivity contribution is 0.253. The summed E-state index contributed by atoms with van der Waals surface area (Å²) in [7, 11) is 2.56. The minimum absolute atomic E-state index is 0.694. The molecule has 0 saturated heterocycles. The molecule has 1 aliphatic rings. The van der Waals surface area contributed by atoms with Gasteiger partial charge < -0.3 is 8.85 Å². The number of hydrogen-bond acceptors (Lipinski definition) is 2. The molecule has 0 bridgehead atoms. The Kier molecular flexibility index (Phi) is 3.74. The molecule has 3 atom stereocenters. The van der Waals surface area contributed by atoms with Crippen LogP contribution in [-0.2, 0) is 8.85 Å². The van der Waals surface area contributed by atoms with E-state index in [0.29, 0.717) is 5.54 Å². The van der Waals surface area contributed by atoms with Gasteiger partial charge in [0.2, 0.25) is 0 Å². The molecular formula is C9H19O2Si. The lowest BCUT2D eigenvalue weighted by Crippen LogP contribution is -2.28. The van der Waals surface area contributed by atoms with Crippen LogP contribution < -0.4 is 0 Å². The Morgan fingerprint density at radius 2 is 1.67 bits per heavy atom. The molecule has 0 aliphatic heterocycles. The monoisotopic (exact) mass is 187 g/mol. The average molecular weight is 187 g/mol. The summed E-state index contributed by atoms with van der Waals surface area (Å²) in [5.41, 5.74) is 0.694. The predicted molar refractivity (Wildman–Crippen MR) is 51.1 cm³/mol. The van der Waals surface area contributed by atoms with Gasteiger partial charge in [0.15, 0.2) is 0 Å². The molecule has 0 aromatic carbocycles. The molecule has 0 N–H and O–H groups in total. The van der Waals surface area contributed by atoms with Crippen LogP contribution in [0.4, 0.5) is 0 Å². The third-order valence-corrected chi connectivity index (χ3v) is 5.40. The van der Waals surface area contributed by atoms with E-state index in [4.69, 9.17) is 8.85 Å². The SMILES string of the molecule is CO[Si](OC)C1CCC(C)C1C. The van der Waals surface area contributed by atoms with Gasteiger partial charge in [-0.25, -0.2) is 0 Å². The fourth-order valence-corrected chi connectivity index (χ4v) is 4.02. The Labute approximate surface area is 77.1 Å². The van der Waals surface area contributed by atoms with E-state index in [1.54, 1.807) is 14.2 Å². The highest BCUT2D eigenvalue weighted by Crippen LogP contribution is 2.42. The minimum Gasteiger partial charge on any atom is -0.397 e. The Hall–Kier alpha value is 0.137. The number of rotatable bonds is 3. The number of hydrogen-bond donors (Lipinski definition) is 0. The molecule has 0 amide bonds. The second-order valence-electron chi connectivity index (χ2n) is 3.75. The van der Waals surface area contributed by atoms with Crippen molar-refractivity contribution in [1.82, 2.24) is 0 Å². The maximum Gasteiger partial charge on any atom is 0.387 e. The molecule has 12 heavy (non-hydrogen) atoms. The van der Waals surface area contributed by atoms with Crippen LogP contribution in [-0.4, -0.2) is 23.5 Å². The third-order valence-electron chi connectivity index (χ3n) is 3.17. The van der Waals surface area contributed by atoms with Crippen LogP contribution in [0.15, 0.2) is 0 Å². The molecule has 0 aromatic heterocycles. The smallest absolute Gasteiger partial charge is 0.387 e. The van der Waals surface area contributed by atoms with Crippen LogP contribution in [0.3, 0.4) is 0 Å². The lowest BCUT2D eigenvalue weighted by atomic mass is 10.0. The van der Waals surface area contributed by atoms with Gasteiger partial charge in [0.05, 0.1) is 0 Å². The van der Waals surface area contributed by atoms with E-state index in [2.05, 4.69) is 13.8 Å². The van der Waals surface area contributed by atoms with Gasteiger partial charge >= 0.3 is 9.28 Å². The normalized spacial score (nSPS) is 36.2. The average Bonchev–Trinajstić information content (AvgIpc) is 2.38. The molecule has 0 spiro atoms. The van der Waals surface area contributed by atoms with E-state index >= 15 is 0 Å². The van der Waals surface area contributed by atoms with Crippen LogP contribution in [0.25, 0.3) is 0 Å². The van der Waals surface area contributed by atoms with E-state index in [-0.39, 0.29) is 0 Å². The molecular weight excluding hydrogens is 168 g/mol. The standard InChI is InChI=1S/C9H19O2Si/c1-7-5-6-9(8(7)2)12(10-3)11-4/h7-9H,5-6H2,1-4H3. The Morgan fingerprint density at radius 3 is 2.00 bits per heavy atom. The zero-order valence-corrected chi connectivity index (χ0v) is 9.46. The molecule has 1 fully saturated rings. The first-order valence-corrected chi connectivity index (χ1v) is 6.05. The van der Waals surface area contributed by atoms with Crippen molar-refractivity contribution in [2.24, 2.45) is 11.8 Å². The Morgan fingerprint density at radius 1 is 1.08 bits per heavy atom. The molecule has 71 valence electrons. The first-order chi connectivity index (χ1) is 5.70. The predicted octanol–water partition coefficient (Wildman–Crippen LogP) is 2.20. The van der Waals surface area contributed by atoms with Gasteiger partial charge in [0.25, 0.3) is 0 Å². The van der Waals surface area contributed by atoms with Gasteiger partial charge in [0, 0.05) is 19.8 Å². The zero-order chi connectivity index (χ0) is 9.14. The summed E-state index contributed by atoms with van der Waals surface area (Å²) in [6.45, 7) is 4.65. The highest BCUT2D eigenvalue weighted by molar-refractivity contribution is 6.46. The summed E-state index contributed by atoms with van der Waals surface area (Å²) < 4.78 is 10.8. The summed E-state index contributed by atoms with van der Waals surface area (Å²) in [5.74, 6) is 1.62. The highest BCUT2D eigenvalue weighted by Gasteiger charge is 2.38. The molecule has 3 unspecified atom stereocenters. The van der Waals surface area contributed by atoms with Crippen LogP contribution >= 0.6 is 0 Å². The molecule has 0 heterocycles. The quantitative estimate of drug-likeness (QED) is 0.631. The third kappa shape index (κ3) is 1.89. The summed E-state index contributed by atoms with van der Waals surface area (Å²) in [4.78, 5) is 0. The van der Waals surface area contributed by atoms with Crippen molar-refractivity contribution in [3.8, 4) is 0 Å². The highest BCUT2D eigenvalue weighted by atomic mass is 28.3. The largest absolute Gasteiger partial charge is 0.397 e. The van der Waals surface area contributed by atoms with E-state index in [9.17, 15) is 0 Å². The molecule has 2 nitrogen and oxygen atoms in total. The van der Waals surface area contributed by atoms with Gasteiger partial charge in [-0.1, -0.05) is 20.3 Å². The fourth-order valence-electron chi connectivity index (χ4n) is 2.08. The van der Waals surface area contributed by atoms with Crippen LogP contribution in [0.1, 0.15) is 26.7 Å². The van der Waals surface area contributed by atoms with Crippen molar-refractivity contribution in [2.75, 3.05) is 14.2 Å².